The largest absolute Gasteiger partial charge is 0.351 e. The van der Waals surface area contributed by atoms with Gasteiger partial charge in [-0.25, -0.2) is 0 Å². The van der Waals surface area contributed by atoms with Gasteiger partial charge in [-0.05, 0) is 57.4 Å². The van der Waals surface area contributed by atoms with Crippen molar-refractivity contribution in [3.63, 3.8) is 0 Å². The Morgan fingerprint density at radius 2 is 1.88 bits per heavy atom. The van der Waals surface area contributed by atoms with E-state index in [1.54, 1.807) is 16.2 Å². The Bertz CT molecular complexity index is 1170. The predicted octanol–water partition coefficient (Wildman–Crippen LogP) is 5.44. The van der Waals surface area contributed by atoms with Crippen molar-refractivity contribution in [2.24, 2.45) is 0 Å². The topological polar surface area (TPSA) is 54.3 Å². The number of amides is 2. The van der Waals surface area contributed by atoms with Crippen molar-refractivity contribution in [2.75, 3.05) is 4.90 Å². The van der Waals surface area contributed by atoms with Crippen molar-refractivity contribution in [2.45, 2.75) is 77.4 Å². The molecule has 0 spiro atoms. The maximum Gasteiger partial charge on any atom is 0.275 e. The van der Waals surface area contributed by atoms with E-state index in [1.807, 2.05) is 44.2 Å². The van der Waals surface area contributed by atoms with E-state index in [1.165, 1.54) is 11.3 Å². The summed E-state index contributed by atoms with van der Waals surface area (Å²) < 4.78 is 3.18. The fourth-order valence-corrected chi connectivity index (χ4v) is 6.23. The van der Waals surface area contributed by atoms with Crippen LogP contribution in [0, 0.1) is 6.92 Å². The minimum Gasteiger partial charge on any atom is -0.351 e. The van der Waals surface area contributed by atoms with Gasteiger partial charge in [-0.1, -0.05) is 43.9 Å². The normalized spacial score (nSPS) is 21.7. The van der Waals surface area contributed by atoms with E-state index in [-0.39, 0.29) is 17.9 Å². The molecule has 2 aromatic heterocycles. The van der Waals surface area contributed by atoms with Crippen LogP contribution in [0.25, 0.3) is 10.2 Å². The SMILES string of the molecule is CCc1cc2c(cc3n2CC(C)(C(=O)NC2CCCCC2)N(c2ccc(C)cc2)C3=O)s1. The minimum absolute atomic E-state index is 0.0585. The monoisotopic (exact) mass is 449 g/mol. The minimum atomic E-state index is -1.00. The average Bonchev–Trinajstić information content (AvgIpc) is 3.34. The van der Waals surface area contributed by atoms with Gasteiger partial charge in [0.05, 0.1) is 16.8 Å². The Kier molecular flexibility index (Phi) is 5.36. The molecule has 1 atom stereocenters. The molecule has 1 aliphatic heterocycles. The van der Waals surface area contributed by atoms with Gasteiger partial charge in [0.25, 0.3) is 5.91 Å². The Hall–Kier alpha value is -2.60. The fraction of sp³-hybridized carbons (Fsp3) is 0.462. The molecule has 3 aromatic rings. The lowest BCUT2D eigenvalue weighted by Crippen LogP contribution is -2.65. The van der Waals surface area contributed by atoms with Crippen molar-refractivity contribution in [1.82, 2.24) is 9.88 Å². The summed E-state index contributed by atoms with van der Waals surface area (Å²) in [7, 11) is 0. The first-order chi connectivity index (χ1) is 15.4. The van der Waals surface area contributed by atoms with Crippen molar-refractivity contribution >= 4 is 39.1 Å². The number of nitrogens with one attached hydrogen (secondary N) is 1. The summed E-state index contributed by atoms with van der Waals surface area (Å²) in [6.45, 7) is 6.55. The summed E-state index contributed by atoms with van der Waals surface area (Å²) in [5.41, 5.74) is 2.62. The fourth-order valence-electron chi connectivity index (χ4n) is 5.19. The Morgan fingerprint density at radius 1 is 1.16 bits per heavy atom. The lowest BCUT2D eigenvalue weighted by Gasteiger charge is -2.44. The van der Waals surface area contributed by atoms with Gasteiger partial charge >= 0.3 is 0 Å². The maximum absolute atomic E-state index is 13.9. The number of aromatic nitrogens is 1. The van der Waals surface area contributed by atoms with Crippen LogP contribution < -0.4 is 10.2 Å². The molecule has 2 aliphatic rings. The van der Waals surface area contributed by atoms with Crippen LogP contribution in [-0.2, 0) is 17.8 Å². The third-order valence-electron chi connectivity index (χ3n) is 7.09. The molecule has 1 N–H and O–H groups in total. The Labute approximate surface area is 193 Å². The molecule has 6 heteroatoms. The highest BCUT2D eigenvalue weighted by atomic mass is 32.1. The van der Waals surface area contributed by atoms with Crippen molar-refractivity contribution in [3.05, 3.63) is 52.5 Å². The summed E-state index contributed by atoms with van der Waals surface area (Å²) in [4.78, 5) is 30.7. The van der Waals surface area contributed by atoms with Gasteiger partial charge in [0.15, 0.2) is 0 Å². The molecule has 1 aliphatic carbocycles. The van der Waals surface area contributed by atoms with Crippen molar-refractivity contribution < 1.29 is 9.59 Å². The number of fused-ring (bicyclic) bond motifs is 3. The van der Waals surface area contributed by atoms with E-state index < -0.39 is 5.54 Å². The molecule has 2 amide bonds. The Morgan fingerprint density at radius 3 is 2.56 bits per heavy atom. The zero-order chi connectivity index (χ0) is 22.5. The number of carbonyl (C=O) groups excluding carboxylic acids is 2. The third kappa shape index (κ3) is 3.45. The second kappa shape index (κ2) is 8.07. The van der Waals surface area contributed by atoms with Gasteiger partial charge in [0.2, 0.25) is 5.91 Å². The third-order valence-corrected chi connectivity index (χ3v) is 8.31. The second-order valence-corrected chi connectivity index (χ2v) is 10.7. The first-order valence-corrected chi connectivity index (χ1v) is 12.6. The van der Waals surface area contributed by atoms with Crippen LogP contribution >= 0.6 is 11.3 Å². The van der Waals surface area contributed by atoms with Crippen LogP contribution in [0.5, 0.6) is 0 Å². The lowest BCUT2D eigenvalue weighted by molar-refractivity contribution is -0.127. The van der Waals surface area contributed by atoms with Gasteiger partial charge in [0.1, 0.15) is 11.2 Å². The second-order valence-electron chi connectivity index (χ2n) is 9.49. The first-order valence-electron chi connectivity index (χ1n) is 11.7. The number of thiophene rings is 1. The zero-order valence-corrected chi connectivity index (χ0v) is 19.9. The highest BCUT2D eigenvalue weighted by Crippen LogP contribution is 2.38. The average molecular weight is 450 g/mol. The van der Waals surface area contributed by atoms with E-state index in [4.69, 9.17) is 0 Å². The molecule has 1 unspecified atom stereocenters. The number of benzene rings is 1. The van der Waals surface area contributed by atoms with E-state index in [9.17, 15) is 9.59 Å². The zero-order valence-electron chi connectivity index (χ0n) is 19.1. The van der Waals surface area contributed by atoms with Crippen LogP contribution in [0.15, 0.2) is 36.4 Å². The molecule has 3 heterocycles. The number of carbonyl (C=O) groups is 2. The molecule has 1 aromatic carbocycles. The van der Waals surface area contributed by atoms with Gasteiger partial charge < -0.3 is 9.88 Å². The summed E-state index contributed by atoms with van der Waals surface area (Å²) in [5, 5.41) is 3.30. The molecule has 1 fully saturated rings. The van der Waals surface area contributed by atoms with E-state index in [2.05, 4.69) is 22.9 Å². The van der Waals surface area contributed by atoms with Crippen LogP contribution in [0.3, 0.4) is 0 Å². The first kappa shape index (κ1) is 21.3. The predicted molar refractivity (Wildman–Crippen MR) is 131 cm³/mol. The summed E-state index contributed by atoms with van der Waals surface area (Å²) in [5.74, 6) is -0.167. The summed E-state index contributed by atoms with van der Waals surface area (Å²) >= 11 is 1.74. The van der Waals surface area contributed by atoms with Crippen LogP contribution in [-0.4, -0.2) is 28.0 Å². The summed E-state index contributed by atoms with van der Waals surface area (Å²) in [6, 6.07) is 12.3. The van der Waals surface area contributed by atoms with Gasteiger partial charge in [-0.2, -0.15) is 0 Å². The number of hydrogen-bond donors (Lipinski definition) is 1. The number of aryl methyl sites for hydroxylation is 2. The number of anilines is 1. The number of hydrogen-bond acceptors (Lipinski definition) is 3. The van der Waals surface area contributed by atoms with Crippen LogP contribution in [0.4, 0.5) is 5.69 Å². The highest BCUT2D eigenvalue weighted by molar-refractivity contribution is 7.19. The Balaban J connectivity index is 1.60. The molecule has 5 rings (SSSR count). The standard InChI is InChI=1S/C26H31N3O2S/c1-4-20-14-21-23(32-20)15-22-24(30)29(19-12-10-17(2)11-13-19)26(3,16-28(21)22)25(31)27-18-8-6-5-7-9-18/h10-15,18H,4-9,16H2,1-3H3,(H,27,31). The molecule has 0 saturated heterocycles. The molecule has 0 bridgehead atoms. The smallest absolute Gasteiger partial charge is 0.275 e. The molecule has 0 radical (unpaired) electrons. The van der Waals surface area contributed by atoms with E-state index in [0.717, 1.165) is 53.6 Å². The van der Waals surface area contributed by atoms with Crippen molar-refractivity contribution in [1.29, 1.82) is 0 Å². The van der Waals surface area contributed by atoms with Gasteiger partial charge in [-0.15, -0.1) is 11.3 Å². The van der Waals surface area contributed by atoms with E-state index in [0.29, 0.717) is 12.2 Å². The lowest BCUT2D eigenvalue weighted by atomic mass is 9.91. The molecular formula is C26H31N3O2S. The molecule has 32 heavy (non-hydrogen) atoms. The van der Waals surface area contributed by atoms with Crippen molar-refractivity contribution in [3.8, 4) is 0 Å². The van der Waals surface area contributed by atoms with E-state index >= 15 is 0 Å². The maximum atomic E-state index is 13.9. The molecule has 1 saturated carbocycles. The number of nitrogens with zero attached hydrogens (tertiary/aromatic N) is 2. The molecule has 5 nitrogen and oxygen atoms in total. The summed E-state index contributed by atoms with van der Waals surface area (Å²) in [6.07, 6.45) is 6.55. The molecular weight excluding hydrogens is 418 g/mol. The number of rotatable bonds is 4. The highest BCUT2D eigenvalue weighted by Gasteiger charge is 2.49. The van der Waals surface area contributed by atoms with Crippen LogP contribution in [0.2, 0.25) is 0 Å². The van der Waals surface area contributed by atoms with Crippen LogP contribution in [0.1, 0.15) is 66.9 Å². The van der Waals surface area contributed by atoms with Gasteiger partial charge in [0, 0.05) is 16.6 Å². The van der Waals surface area contributed by atoms with Gasteiger partial charge in [-0.3, -0.25) is 14.5 Å². The quantitative estimate of drug-likeness (QED) is 0.576. The molecule has 168 valence electrons.